The van der Waals surface area contributed by atoms with Crippen molar-refractivity contribution in [1.29, 1.82) is 0 Å². The molecule has 0 saturated heterocycles. The lowest BCUT2D eigenvalue weighted by Gasteiger charge is -2.29. The molecular formula is C27H30N2O4. The van der Waals surface area contributed by atoms with Gasteiger partial charge in [0.15, 0.2) is 6.61 Å². The summed E-state index contributed by atoms with van der Waals surface area (Å²) in [5, 5.41) is 2.94. The van der Waals surface area contributed by atoms with E-state index in [1.165, 1.54) is 4.90 Å². The minimum Gasteiger partial charge on any atom is -0.497 e. The first-order valence-corrected chi connectivity index (χ1v) is 10.9. The van der Waals surface area contributed by atoms with Crippen molar-refractivity contribution in [2.75, 3.05) is 13.7 Å². The fourth-order valence-electron chi connectivity index (χ4n) is 3.30. The zero-order valence-corrected chi connectivity index (χ0v) is 19.3. The van der Waals surface area contributed by atoms with E-state index in [1.807, 2.05) is 73.7 Å². The van der Waals surface area contributed by atoms with Gasteiger partial charge in [-0.1, -0.05) is 60.2 Å². The van der Waals surface area contributed by atoms with E-state index >= 15 is 0 Å². The lowest BCUT2D eigenvalue weighted by Crippen LogP contribution is -2.48. The van der Waals surface area contributed by atoms with E-state index in [-0.39, 0.29) is 25.0 Å². The number of ether oxygens (including phenoxy) is 2. The smallest absolute Gasteiger partial charge is 0.261 e. The van der Waals surface area contributed by atoms with Crippen LogP contribution in [0.25, 0.3) is 0 Å². The highest BCUT2D eigenvalue weighted by Crippen LogP contribution is 2.16. The molecule has 1 atom stereocenters. The van der Waals surface area contributed by atoms with Crippen molar-refractivity contribution in [3.63, 3.8) is 0 Å². The topological polar surface area (TPSA) is 67.9 Å². The van der Waals surface area contributed by atoms with Crippen LogP contribution >= 0.6 is 0 Å². The van der Waals surface area contributed by atoms with Crippen molar-refractivity contribution in [3.8, 4) is 11.5 Å². The number of aryl methyl sites for hydroxylation is 1. The summed E-state index contributed by atoms with van der Waals surface area (Å²) in [5.74, 6) is 0.837. The molecule has 0 heterocycles. The Morgan fingerprint density at radius 3 is 2.15 bits per heavy atom. The van der Waals surface area contributed by atoms with Crippen LogP contribution in [0.4, 0.5) is 0 Å². The highest BCUT2D eigenvalue weighted by Gasteiger charge is 2.26. The van der Waals surface area contributed by atoms with Gasteiger partial charge in [-0.2, -0.15) is 0 Å². The zero-order chi connectivity index (χ0) is 23.6. The maximum Gasteiger partial charge on any atom is 0.261 e. The number of hydrogen-bond donors (Lipinski definition) is 1. The largest absolute Gasteiger partial charge is 0.497 e. The van der Waals surface area contributed by atoms with Gasteiger partial charge in [0.2, 0.25) is 5.91 Å². The Morgan fingerprint density at radius 1 is 0.879 bits per heavy atom. The van der Waals surface area contributed by atoms with Gasteiger partial charge in [0.1, 0.15) is 17.5 Å². The van der Waals surface area contributed by atoms with Crippen LogP contribution in [0.5, 0.6) is 11.5 Å². The number of rotatable bonds is 10. The normalized spacial score (nSPS) is 11.4. The minimum absolute atomic E-state index is 0.157. The molecule has 6 nitrogen and oxygen atoms in total. The van der Waals surface area contributed by atoms with Crippen molar-refractivity contribution in [2.45, 2.75) is 33.0 Å². The average molecular weight is 447 g/mol. The van der Waals surface area contributed by atoms with Crippen LogP contribution < -0.4 is 14.8 Å². The molecular weight excluding hydrogens is 416 g/mol. The number of carbonyl (C=O) groups excluding carboxylic acids is 2. The third kappa shape index (κ3) is 7.10. The second-order valence-corrected chi connectivity index (χ2v) is 7.85. The summed E-state index contributed by atoms with van der Waals surface area (Å²) < 4.78 is 10.9. The van der Waals surface area contributed by atoms with E-state index in [2.05, 4.69) is 5.32 Å². The zero-order valence-electron chi connectivity index (χ0n) is 19.3. The Kier molecular flexibility index (Phi) is 8.47. The van der Waals surface area contributed by atoms with Crippen LogP contribution in [-0.4, -0.2) is 36.5 Å². The first-order valence-electron chi connectivity index (χ1n) is 10.9. The number of hydrogen-bond acceptors (Lipinski definition) is 4. The van der Waals surface area contributed by atoms with E-state index in [1.54, 1.807) is 26.2 Å². The molecule has 1 unspecified atom stereocenters. The molecule has 2 amide bonds. The fourth-order valence-corrected chi connectivity index (χ4v) is 3.30. The summed E-state index contributed by atoms with van der Waals surface area (Å²) in [6.07, 6.45) is 0. The lowest BCUT2D eigenvalue weighted by atomic mass is 10.1. The number of para-hydroxylation sites is 1. The number of methoxy groups -OCH3 is 1. The Morgan fingerprint density at radius 2 is 1.52 bits per heavy atom. The molecule has 0 aliphatic heterocycles. The van der Waals surface area contributed by atoms with Gasteiger partial charge in [-0.3, -0.25) is 9.59 Å². The molecule has 0 aliphatic carbocycles. The molecule has 3 rings (SSSR count). The van der Waals surface area contributed by atoms with Gasteiger partial charge in [0.05, 0.1) is 7.11 Å². The SMILES string of the molecule is COc1ccc(CN(C(=O)COc2ccccc2)C(C)C(=O)NCc2ccc(C)cc2)cc1. The molecule has 0 aliphatic rings. The molecule has 3 aromatic rings. The molecule has 0 bridgehead atoms. The van der Waals surface area contributed by atoms with Gasteiger partial charge in [-0.15, -0.1) is 0 Å². The monoisotopic (exact) mass is 446 g/mol. The summed E-state index contributed by atoms with van der Waals surface area (Å²) >= 11 is 0. The van der Waals surface area contributed by atoms with E-state index in [4.69, 9.17) is 9.47 Å². The van der Waals surface area contributed by atoms with Gasteiger partial charge in [-0.05, 0) is 49.2 Å². The highest BCUT2D eigenvalue weighted by atomic mass is 16.5. The maximum atomic E-state index is 13.1. The lowest BCUT2D eigenvalue weighted by molar-refractivity contribution is -0.142. The van der Waals surface area contributed by atoms with E-state index in [9.17, 15) is 9.59 Å². The van der Waals surface area contributed by atoms with Crippen LogP contribution in [0.1, 0.15) is 23.6 Å². The molecule has 172 valence electrons. The number of carbonyl (C=O) groups is 2. The molecule has 0 saturated carbocycles. The van der Waals surface area contributed by atoms with Crippen molar-refractivity contribution in [2.24, 2.45) is 0 Å². The standard InChI is InChI=1S/C27H30N2O4/c1-20-9-11-22(12-10-20)17-28-27(31)21(2)29(18-23-13-15-24(32-3)16-14-23)26(30)19-33-25-7-5-4-6-8-25/h4-16,21H,17-19H2,1-3H3,(H,28,31). The molecule has 0 fully saturated rings. The van der Waals surface area contributed by atoms with Crippen molar-refractivity contribution in [3.05, 3.63) is 95.6 Å². The Hall–Kier alpha value is -3.80. The number of benzene rings is 3. The summed E-state index contributed by atoms with van der Waals surface area (Å²) in [6.45, 7) is 4.27. The summed E-state index contributed by atoms with van der Waals surface area (Å²) in [4.78, 5) is 27.6. The molecule has 0 spiro atoms. The van der Waals surface area contributed by atoms with Crippen LogP contribution in [0, 0.1) is 6.92 Å². The number of amides is 2. The van der Waals surface area contributed by atoms with E-state index in [0.717, 1.165) is 22.4 Å². The Labute approximate surface area is 195 Å². The predicted molar refractivity (Wildman–Crippen MR) is 128 cm³/mol. The molecule has 6 heteroatoms. The number of nitrogens with zero attached hydrogens (tertiary/aromatic N) is 1. The van der Waals surface area contributed by atoms with E-state index < -0.39 is 6.04 Å². The third-order valence-electron chi connectivity index (χ3n) is 5.37. The second kappa shape index (κ2) is 11.7. The Balaban J connectivity index is 1.69. The third-order valence-corrected chi connectivity index (χ3v) is 5.37. The van der Waals surface area contributed by atoms with Gasteiger partial charge < -0.3 is 19.7 Å². The van der Waals surface area contributed by atoms with E-state index in [0.29, 0.717) is 12.3 Å². The second-order valence-electron chi connectivity index (χ2n) is 7.85. The predicted octanol–water partition coefficient (Wildman–Crippen LogP) is 4.12. The van der Waals surface area contributed by atoms with Crippen LogP contribution in [0.2, 0.25) is 0 Å². The van der Waals surface area contributed by atoms with Gasteiger partial charge in [-0.25, -0.2) is 0 Å². The number of nitrogens with one attached hydrogen (secondary N) is 1. The molecule has 3 aromatic carbocycles. The first kappa shape index (κ1) is 23.9. The molecule has 0 radical (unpaired) electrons. The van der Waals surface area contributed by atoms with Crippen molar-refractivity contribution < 1.29 is 19.1 Å². The minimum atomic E-state index is -0.676. The van der Waals surface area contributed by atoms with Crippen LogP contribution in [0.3, 0.4) is 0 Å². The Bertz CT molecular complexity index is 1030. The molecule has 1 N–H and O–H groups in total. The highest BCUT2D eigenvalue weighted by molar-refractivity contribution is 5.88. The average Bonchev–Trinajstić information content (AvgIpc) is 2.86. The van der Waals surface area contributed by atoms with Gasteiger partial charge in [0, 0.05) is 13.1 Å². The van der Waals surface area contributed by atoms with Crippen molar-refractivity contribution >= 4 is 11.8 Å². The quantitative estimate of drug-likeness (QED) is 0.509. The maximum absolute atomic E-state index is 13.1. The summed E-state index contributed by atoms with van der Waals surface area (Å²) in [6, 6.07) is 23.9. The van der Waals surface area contributed by atoms with Crippen molar-refractivity contribution in [1.82, 2.24) is 10.2 Å². The molecule has 33 heavy (non-hydrogen) atoms. The summed E-state index contributed by atoms with van der Waals surface area (Å²) in [7, 11) is 1.60. The van der Waals surface area contributed by atoms with Gasteiger partial charge >= 0.3 is 0 Å². The van der Waals surface area contributed by atoms with Gasteiger partial charge in [0.25, 0.3) is 5.91 Å². The van der Waals surface area contributed by atoms with Crippen LogP contribution in [-0.2, 0) is 22.7 Å². The summed E-state index contributed by atoms with van der Waals surface area (Å²) in [5.41, 5.74) is 3.05. The van der Waals surface area contributed by atoms with Crippen LogP contribution in [0.15, 0.2) is 78.9 Å². The fraction of sp³-hybridized carbons (Fsp3) is 0.259. The first-order chi connectivity index (χ1) is 16.0. The molecule has 0 aromatic heterocycles.